The first-order chi connectivity index (χ1) is 23.2. The molecule has 7 unspecified atom stereocenters. The number of primary amides is 1. The summed E-state index contributed by atoms with van der Waals surface area (Å²) < 4.78 is 6.05. The number of methoxy groups -OCH3 is 1. The number of nitrogens with one attached hydrogen (secondary N) is 2. The van der Waals surface area contributed by atoms with E-state index in [1.165, 1.54) is 5.56 Å². The van der Waals surface area contributed by atoms with E-state index < -0.39 is 29.5 Å². The van der Waals surface area contributed by atoms with Crippen molar-refractivity contribution in [1.82, 2.24) is 20.4 Å². The Labute approximate surface area is 300 Å². The highest BCUT2D eigenvalue weighted by Gasteiger charge is 2.52. The highest BCUT2D eigenvalue weighted by Crippen LogP contribution is 2.36. The number of nitrogens with two attached hydrogens (primary N) is 1. The van der Waals surface area contributed by atoms with E-state index in [1.807, 2.05) is 50.8 Å². The number of thioether (sulfide) groups is 1. The Hall–Kier alpha value is -2.63. The molecule has 0 radical (unpaired) electrons. The van der Waals surface area contributed by atoms with Gasteiger partial charge in [-0.3, -0.25) is 19.2 Å². The minimum Gasteiger partial charge on any atom is -0.379 e. The number of ether oxygens (including phenoxy) is 1. The molecule has 0 saturated carbocycles. The molecular formula is C38H65N5O5S. The van der Waals surface area contributed by atoms with Gasteiger partial charge in [0, 0.05) is 45.0 Å². The number of hydrogen-bond acceptors (Lipinski definition) is 7. The topological polar surface area (TPSA) is 134 Å². The number of likely N-dealkylation sites (N-methyl/N-ethyl adjacent to an activating group) is 2. The molecule has 0 aromatic heterocycles. The Kier molecular flexibility index (Phi) is 17.6. The predicted octanol–water partition coefficient (Wildman–Crippen LogP) is 4.50. The minimum absolute atomic E-state index is 0.00244. The SMILES string of the molecule is CCSC(CC(=O)NCCc1ccccc1)C1CCCN1C(=O)CC(OC)C(C(C)CC)N(C)C(=O)C(C(C)C)C(NC)(C(N)=O)C(C)C. The Bertz CT molecular complexity index is 1200. The van der Waals surface area contributed by atoms with Crippen LogP contribution in [0.25, 0.3) is 0 Å². The largest absolute Gasteiger partial charge is 0.379 e. The van der Waals surface area contributed by atoms with Gasteiger partial charge >= 0.3 is 0 Å². The lowest BCUT2D eigenvalue weighted by atomic mass is 9.69. The molecule has 2 rings (SSSR count). The monoisotopic (exact) mass is 703 g/mol. The van der Waals surface area contributed by atoms with E-state index in [0.717, 1.165) is 31.4 Å². The number of carbonyl (C=O) groups excluding carboxylic acids is 4. The third kappa shape index (κ3) is 10.7. The van der Waals surface area contributed by atoms with E-state index in [1.54, 1.807) is 37.9 Å². The molecule has 0 bridgehead atoms. The molecule has 1 aromatic rings. The molecule has 11 heteroatoms. The first kappa shape index (κ1) is 42.5. The lowest BCUT2D eigenvalue weighted by Gasteiger charge is -2.46. The van der Waals surface area contributed by atoms with Crippen molar-refractivity contribution in [1.29, 1.82) is 0 Å². The molecule has 7 atom stereocenters. The van der Waals surface area contributed by atoms with Crippen LogP contribution in [0.1, 0.15) is 86.1 Å². The molecule has 278 valence electrons. The maximum atomic E-state index is 14.5. The summed E-state index contributed by atoms with van der Waals surface area (Å²) in [6.07, 6.45) is 3.14. The van der Waals surface area contributed by atoms with Crippen LogP contribution in [0, 0.1) is 23.7 Å². The van der Waals surface area contributed by atoms with E-state index in [-0.39, 0.29) is 53.2 Å². The maximum Gasteiger partial charge on any atom is 0.238 e. The third-order valence-electron chi connectivity index (χ3n) is 10.6. The summed E-state index contributed by atoms with van der Waals surface area (Å²) in [5.41, 5.74) is 5.94. The zero-order chi connectivity index (χ0) is 36.9. The number of rotatable bonds is 21. The van der Waals surface area contributed by atoms with Gasteiger partial charge in [-0.1, -0.05) is 85.2 Å². The number of benzene rings is 1. The van der Waals surface area contributed by atoms with Crippen molar-refractivity contribution in [2.45, 2.75) is 116 Å². The van der Waals surface area contributed by atoms with Crippen molar-refractivity contribution in [2.24, 2.45) is 29.4 Å². The number of likely N-dealkylation sites (tertiary alicyclic amines) is 1. The molecule has 1 fully saturated rings. The van der Waals surface area contributed by atoms with Gasteiger partial charge in [-0.05, 0) is 55.4 Å². The molecule has 1 saturated heterocycles. The molecule has 49 heavy (non-hydrogen) atoms. The first-order valence-corrected chi connectivity index (χ1v) is 19.3. The molecule has 0 spiro atoms. The van der Waals surface area contributed by atoms with Crippen LogP contribution < -0.4 is 16.4 Å². The summed E-state index contributed by atoms with van der Waals surface area (Å²) in [4.78, 5) is 58.4. The summed E-state index contributed by atoms with van der Waals surface area (Å²) in [5.74, 6) is -1.10. The second kappa shape index (κ2) is 20.3. The lowest BCUT2D eigenvalue weighted by Crippen LogP contribution is -2.68. The van der Waals surface area contributed by atoms with Gasteiger partial charge in [-0.25, -0.2) is 0 Å². The van der Waals surface area contributed by atoms with Crippen LogP contribution in [0.2, 0.25) is 0 Å². The smallest absolute Gasteiger partial charge is 0.238 e. The highest BCUT2D eigenvalue weighted by molar-refractivity contribution is 7.99. The number of hydrogen-bond donors (Lipinski definition) is 3. The molecule has 0 aliphatic carbocycles. The summed E-state index contributed by atoms with van der Waals surface area (Å²) in [7, 11) is 5.04. The van der Waals surface area contributed by atoms with Gasteiger partial charge in [0.2, 0.25) is 23.6 Å². The van der Waals surface area contributed by atoms with Crippen LogP contribution >= 0.6 is 11.8 Å². The van der Waals surface area contributed by atoms with E-state index in [9.17, 15) is 19.2 Å². The van der Waals surface area contributed by atoms with E-state index >= 15 is 0 Å². The van der Waals surface area contributed by atoms with Crippen molar-refractivity contribution in [3.63, 3.8) is 0 Å². The Morgan fingerprint density at radius 2 is 1.73 bits per heavy atom. The van der Waals surface area contributed by atoms with Crippen molar-refractivity contribution in [3.05, 3.63) is 35.9 Å². The van der Waals surface area contributed by atoms with E-state index in [4.69, 9.17) is 10.5 Å². The maximum absolute atomic E-state index is 14.5. The second-order valence-corrected chi connectivity index (χ2v) is 15.8. The van der Waals surface area contributed by atoms with Crippen LogP contribution in [0.15, 0.2) is 30.3 Å². The Morgan fingerprint density at radius 3 is 2.24 bits per heavy atom. The third-order valence-corrected chi connectivity index (χ3v) is 11.9. The van der Waals surface area contributed by atoms with Crippen LogP contribution in [0.5, 0.6) is 0 Å². The molecule has 4 amide bonds. The molecule has 4 N–H and O–H groups in total. The summed E-state index contributed by atoms with van der Waals surface area (Å²) in [6.45, 7) is 15.1. The van der Waals surface area contributed by atoms with Gasteiger partial charge < -0.3 is 30.9 Å². The highest BCUT2D eigenvalue weighted by atomic mass is 32.2. The van der Waals surface area contributed by atoms with Gasteiger partial charge in [0.05, 0.1) is 24.5 Å². The fraction of sp³-hybridized carbons (Fsp3) is 0.737. The van der Waals surface area contributed by atoms with Crippen molar-refractivity contribution in [3.8, 4) is 0 Å². The first-order valence-electron chi connectivity index (χ1n) is 18.2. The molecule has 1 aromatic carbocycles. The van der Waals surface area contributed by atoms with E-state index in [0.29, 0.717) is 19.5 Å². The normalized spacial score (nSPS) is 19.2. The standard InChI is InChI=1S/C38H65N5O5S/c1-11-27(7)35(42(9)36(46)34(25(3)4)38(40-8,26(5)6)37(39)47)30(48-10)23-33(45)43-22-16-19-29(43)31(49-12-2)24-32(44)41-21-20-28-17-14-13-15-18-28/h13-15,17-18,25-27,29-31,34-35,40H,11-12,16,19-24H2,1-10H3,(H2,39,47)(H,41,44). The quantitative estimate of drug-likeness (QED) is 0.172. The van der Waals surface area contributed by atoms with E-state index in [2.05, 4.69) is 43.5 Å². The molecule has 1 aliphatic heterocycles. The Morgan fingerprint density at radius 1 is 1.08 bits per heavy atom. The molecule has 1 aliphatic rings. The van der Waals surface area contributed by atoms with Gasteiger partial charge in [0.15, 0.2) is 0 Å². The summed E-state index contributed by atoms with van der Waals surface area (Å²) >= 11 is 1.73. The fourth-order valence-corrected chi connectivity index (χ4v) is 9.07. The van der Waals surface area contributed by atoms with Crippen LogP contribution in [0.3, 0.4) is 0 Å². The fourth-order valence-electron chi connectivity index (χ4n) is 7.86. The molecule has 1 heterocycles. The van der Waals surface area contributed by atoms with Gasteiger partial charge in [0.1, 0.15) is 5.54 Å². The van der Waals surface area contributed by atoms with Gasteiger partial charge in [-0.2, -0.15) is 11.8 Å². The average Bonchev–Trinajstić information content (AvgIpc) is 3.56. The van der Waals surface area contributed by atoms with Crippen molar-refractivity contribution < 1.29 is 23.9 Å². The second-order valence-electron chi connectivity index (χ2n) is 14.2. The molecular weight excluding hydrogens is 639 g/mol. The number of carbonyl (C=O) groups is 4. The number of nitrogens with zero attached hydrogens (tertiary/aromatic N) is 2. The van der Waals surface area contributed by atoms with Crippen LogP contribution in [-0.4, -0.2) is 102 Å². The Balaban J connectivity index is 2.27. The minimum atomic E-state index is -1.25. The average molecular weight is 704 g/mol. The number of amides is 4. The van der Waals surface area contributed by atoms with Crippen LogP contribution in [-0.2, 0) is 30.3 Å². The zero-order valence-electron chi connectivity index (χ0n) is 31.8. The van der Waals surface area contributed by atoms with Crippen LogP contribution in [0.4, 0.5) is 0 Å². The molecule has 10 nitrogen and oxygen atoms in total. The van der Waals surface area contributed by atoms with Crippen molar-refractivity contribution >= 4 is 35.4 Å². The summed E-state index contributed by atoms with van der Waals surface area (Å²) in [5, 5.41) is 6.21. The summed E-state index contributed by atoms with van der Waals surface area (Å²) in [6, 6.07) is 9.62. The zero-order valence-corrected chi connectivity index (χ0v) is 32.6. The van der Waals surface area contributed by atoms with Gasteiger partial charge in [0.25, 0.3) is 0 Å². The predicted molar refractivity (Wildman–Crippen MR) is 200 cm³/mol. The lowest BCUT2D eigenvalue weighted by molar-refractivity contribution is -0.153. The van der Waals surface area contributed by atoms with Crippen molar-refractivity contribution in [2.75, 3.05) is 40.0 Å². The van der Waals surface area contributed by atoms with Gasteiger partial charge in [-0.15, -0.1) is 0 Å².